The van der Waals surface area contributed by atoms with Gasteiger partial charge in [-0.15, -0.1) is 0 Å². The molecule has 104 valence electrons. The predicted molar refractivity (Wildman–Crippen MR) is 64.6 cm³/mol. The minimum Gasteiger partial charge on any atom is -0.481 e. The fourth-order valence-corrected chi connectivity index (χ4v) is 4.11. The van der Waals surface area contributed by atoms with Gasteiger partial charge in [0.15, 0.2) is 0 Å². The van der Waals surface area contributed by atoms with E-state index in [0.29, 0.717) is 19.7 Å². The molecule has 2 rings (SSSR count). The highest BCUT2D eigenvalue weighted by atomic mass is 32.2. The van der Waals surface area contributed by atoms with Crippen LogP contribution in [0.3, 0.4) is 0 Å². The van der Waals surface area contributed by atoms with E-state index in [0.717, 1.165) is 12.8 Å². The summed E-state index contributed by atoms with van der Waals surface area (Å²) in [6, 6.07) is 0. The molecule has 6 nitrogen and oxygen atoms in total. The Labute approximate surface area is 107 Å². The number of carboxylic acids is 1. The zero-order chi connectivity index (χ0) is 13.3. The molecule has 0 bridgehead atoms. The average molecular weight is 277 g/mol. The molecule has 18 heavy (non-hydrogen) atoms. The van der Waals surface area contributed by atoms with Crippen molar-refractivity contribution in [2.45, 2.75) is 25.9 Å². The van der Waals surface area contributed by atoms with Gasteiger partial charge in [-0.1, -0.05) is 6.92 Å². The van der Waals surface area contributed by atoms with Crippen LogP contribution in [0.5, 0.6) is 0 Å². The summed E-state index contributed by atoms with van der Waals surface area (Å²) < 4.78 is 30.7. The van der Waals surface area contributed by atoms with E-state index in [1.807, 2.05) is 0 Å². The Bertz CT molecular complexity index is 409. The molecule has 0 aliphatic carbocycles. The first-order chi connectivity index (χ1) is 8.40. The summed E-state index contributed by atoms with van der Waals surface area (Å²) >= 11 is 0. The summed E-state index contributed by atoms with van der Waals surface area (Å²) in [5.74, 6) is -1.39. The first kappa shape index (κ1) is 13.8. The Balaban J connectivity index is 1.84. The molecule has 0 amide bonds. The number of hydrogen-bond donors (Lipinski definition) is 1. The summed E-state index contributed by atoms with van der Waals surface area (Å²) in [7, 11) is -3.28. The van der Waals surface area contributed by atoms with Crippen LogP contribution < -0.4 is 0 Å². The van der Waals surface area contributed by atoms with Crippen LogP contribution in [-0.2, 0) is 19.6 Å². The van der Waals surface area contributed by atoms with E-state index in [1.165, 1.54) is 4.31 Å². The first-order valence-corrected chi connectivity index (χ1v) is 7.83. The Morgan fingerprint density at radius 1 is 1.50 bits per heavy atom. The first-order valence-electron chi connectivity index (χ1n) is 6.22. The molecular formula is C11H19NO5S. The lowest BCUT2D eigenvalue weighted by molar-refractivity contribution is -0.144. The molecular weight excluding hydrogens is 258 g/mol. The normalized spacial score (nSPS) is 27.9. The van der Waals surface area contributed by atoms with Crippen molar-refractivity contribution in [3.8, 4) is 0 Å². The number of ether oxygens (including phenoxy) is 1. The molecule has 0 radical (unpaired) electrons. The van der Waals surface area contributed by atoms with Gasteiger partial charge in [0.2, 0.25) is 10.0 Å². The van der Waals surface area contributed by atoms with Gasteiger partial charge < -0.3 is 9.84 Å². The lowest BCUT2D eigenvalue weighted by Crippen LogP contribution is -2.54. The molecule has 2 atom stereocenters. The number of hydrogen-bond acceptors (Lipinski definition) is 4. The summed E-state index contributed by atoms with van der Waals surface area (Å²) in [4.78, 5) is 10.8. The second-order valence-electron chi connectivity index (χ2n) is 5.12. The van der Waals surface area contributed by atoms with Gasteiger partial charge in [-0.05, 0) is 18.8 Å². The van der Waals surface area contributed by atoms with Gasteiger partial charge in [0.05, 0.1) is 17.8 Å². The second kappa shape index (κ2) is 5.14. The van der Waals surface area contributed by atoms with Crippen LogP contribution in [0.1, 0.15) is 19.8 Å². The predicted octanol–water partition coefficient (Wildman–Crippen LogP) is 0.148. The summed E-state index contributed by atoms with van der Waals surface area (Å²) in [6.45, 7) is 2.90. The molecule has 2 fully saturated rings. The SMILES string of the molecule is CC(C(=O)O)C1CN(S(=O)(=O)CC2CCCO2)C1. The van der Waals surface area contributed by atoms with Crippen LogP contribution in [0, 0.1) is 11.8 Å². The Hall–Kier alpha value is -0.660. The Morgan fingerprint density at radius 2 is 2.17 bits per heavy atom. The zero-order valence-electron chi connectivity index (χ0n) is 10.4. The van der Waals surface area contributed by atoms with Crippen molar-refractivity contribution in [1.29, 1.82) is 0 Å². The van der Waals surface area contributed by atoms with Crippen molar-refractivity contribution in [1.82, 2.24) is 4.31 Å². The van der Waals surface area contributed by atoms with E-state index in [-0.39, 0.29) is 17.8 Å². The van der Waals surface area contributed by atoms with Crippen LogP contribution >= 0.6 is 0 Å². The molecule has 1 N–H and O–H groups in total. The topological polar surface area (TPSA) is 83.9 Å². The van der Waals surface area contributed by atoms with Gasteiger partial charge in [-0.25, -0.2) is 12.7 Å². The quantitative estimate of drug-likeness (QED) is 0.773. The van der Waals surface area contributed by atoms with Crippen molar-refractivity contribution in [2.75, 3.05) is 25.4 Å². The lowest BCUT2D eigenvalue weighted by atomic mass is 9.89. The molecule has 0 aromatic carbocycles. The fourth-order valence-electron chi connectivity index (χ4n) is 2.33. The van der Waals surface area contributed by atoms with E-state index < -0.39 is 21.9 Å². The summed E-state index contributed by atoms with van der Waals surface area (Å²) in [5.41, 5.74) is 0. The van der Waals surface area contributed by atoms with Crippen molar-refractivity contribution >= 4 is 16.0 Å². The fraction of sp³-hybridized carbons (Fsp3) is 0.909. The molecule has 2 unspecified atom stereocenters. The van der Waals surface area contributed by atoms with Gasteiger partial charge in [0.25, 0.3) is 0 Å². The molecule has 2 aliphatic rings. The molecule has 0 aromatic heterocycles. The standard InChI is InChI=1S/C11H19NO5S/c1-8(11(13)14)9-5-12(6-9)18(15,16)7-10-3-2-4-17-10/h8-10H,2-7H2,1H3,(H,13,14). The largest absolute Gasteiger partial charge is 0.481 e. The molecule has 0 spiro atoms. The minimum atomic E-state index is -3.28. The van der Waals surface area contributed by atoms with Crippen LogP contribution in [0.15, 0.2) is 0 Å². The number of nitrogens with zero attached hydrogens (tertiary/aromatic N) is 1. The summed E-state index contributed by atoms with van der Waals surface area (Å²) in [6.07, 6.45) is 1.52. The Kier molecular flexibility index (Phi) is 3.93. The van der Waals surface area contributed by atoms with Gasteiger partial charge in [0, 0.05) is 19.7 Å². The zero-order valence-corrected chi connectivity index (χ0v) is 11.2. The second-order valence-corrected chi connectivity index (χ2v) is 7.13. The van der Waals surface area contributed by atoms with Crippen molar-refractivity contribution in [2.24, 2.45) is 11.8 Å². The van der Waals surface area contributed by atoms with Gasteiger partial charge >= 0.3 is 5.97 Å². The van der Waals surface area contributed by atoms with E-state index >= 15 is 0 Å². The molecule has 2 aliphatic heterocycles. The molecule has 0 aromatic rings. The Morgan fingerprint density at radius 3 is 2.67 bits per heavy atom. The highest BCUT2D eigenvalue weighted by molar-refractivity contribution is 7.89. The monoisotopic (exact) mass is 277 g/mol. The van der Waals surface area contributed by atoms with Gasteiger partial charge in [-0.2, -0.15) is 0 Å². The van der Waals surface area contributed by atoms with Crippen molar-refractivity contribution in [3.63, 3.8) is 0 Å². The number of aliphatic carboxylic acids is 1. The van der Waals surface area contributed by atoms with Crippen LogP contribution in [0.4, 0.5) is 0 Å². The maximum Gasteiger partial charge on any atom is 0.306 e. The maximum atomic E-state index is 12.0. The number of sulfonamides is 1. The van der Waals surface area contributed by atoms with E-state index in [1.54, 1.807) is 6.92 Å². The summed E-state index contributed by atoms with van der Waals surface area (Å²) in [5, 5.41) is 8.85. The highest BCUT2D eigenvalue weighted by Crippen LogP contribution is 2.28. The van der Waals surface area contributed by atoms with Crippen LogP contribution in [0.25, 0.3) is 0 Å². The highest BCUT2D eigenvalue weighted by Gasteiger charge is 2.41. The molecule has 0 saturated carbocycles. The van der Waals surface area contributed by atoms with Gasteiger partial charge in [0.1, 0.15) is 0 Å². The number of carboxylic acid groups (broad SMARTS) is 1. The van der Waals surface area contributed by atoms with E-state index in [9.17, 15) is 13.2 Å². The molecule has 2 saturated heterocycles. The smallest absolute Gasteiger partial charge is 0.306 e. The van der Waals surface area contributed by atoms with Crippen LogP contribution in [-0.4, -0.2) is 55.4 Å². The van der Waals surface area contributed by atoms with Crippen molar-refractivity contribution < 1.29 is 23.1 Å². The number of carbonyl (C=O) groups is 1. The maximum absolute atomic E-state index is 12.0. The third kappa shape index (κ3) is 2.84. The third-order valence-corrected chi connectivity index (χ3v) is 5.66. The lowest BCUT2D eigenvalue weighted by Gasteiger charge is -2.40. The molecule has 2 heterocycles. The van der Waals surface area contributed by atoms with E-state index in [2.05, 4.69) is 0 Å². The van der Waals surface area contributed by atoms with E-state index in [4.69, 9.17) is 9.84 Å². The van der Waals surface area contributed by atoms with Crippen LogP contribution in [0.2, 0.25) is 0 Å². The van der Waals surface area contributed by atoms with Crippen molar-refractivity contribution in [3.05, 3.63) is 0 Å². The average Bonchev–Trinajstić information content (AvgIpc) is 2.66. The molecule has 7 heteroatoms. The number of rotatable bonds is 5. The van der Waals surface area contributed by atoms with Gasteiger partial charge in [-0.3, -0.25) is 4.79 Å². The third-order valence-electron chi connectivity index (χ3n) is 3.79. The minimum absolute atomic E-state index is 0.0289.